The van der Waals surface area contributed by atoms with Crippen molar-refractivity contribution in [3.63, 3.8) is 0 Å². The standard InChI is InChI=1S/C17H13F3N2OS/c1-4-11-15(22-2)13(19)14(20)16(17(11)24-3)23-10-5-6-12(18)9(7-10)8-21/h4-7,22H,1H2,2-3H3. The van der Waals surface area contributed by atoms with Gasteiger partial charge in [-0.1, -0.05) is 12.7 Å². The molecule has 0 heterocycles. The summed E-state index contributed by atoms with van der Waals surface area (Å²) in [6, 6.07) is 5.04. The number of hydrogen-bond donors (Lipinski definition) is 1. The maximum Gasteiger partial charge on any atom is 0.204 e. The molecule has 0 unspecified atom stereocenters. The van der Waals surface area contributed by atoms with Crippen molar-refractivity contribution >= 4 is 23.5 Å². The first-order chi connectivity index (χ1) is 11.5. The van der Waals surface area contributed by atoms with Gasteiger partial charge in [0.1, 0.15) is 17.6 Å². The molecular weight excluding hydrogens is 337 g/mol. The van der Waals surface area contributed by atoms with Gasteiger partial charge in [-0.3, -0.25) is 0 Å². The van der Waals surface area contributed by atoms with Crippen molar-refractivity contribution in [2.75, 3.05) is 18.6 Å². The molecule has 2 aromatic rings. The first kappa shape index (κ1) is 17.8. The third-order valence-electron chi connectivity index (χ3n) is 3.27. The van der Waals surface area contributed by atoms with Crippen LogP contribution in [0.15, 0.2) is 29.7 Å². The van der Waals surface area contributed by atoms with Crippen LogP contribution in [0.25, 0.3) is 6.08 Å². The Morgan fingerprint density at radius 2 is 2.00 bits per heavy atom. The lowest BCUT2D eigenvalue weighted by atomic mass is 10.1. The lowest BCUT2D eigenvalue weighted by molar-refractivity contribution is 0.406. The van der Waals surface area contributed by atoms with Crippen molar-refractivity contribution in [2.24, 2.45) is 0 Å². The molecule has 0 saturated carbocycles. The first-order valence-corrected chi connectivity index (χ1v) is 7.97. The summed E-state index contributed by atoms with van der Waals surface area (Å²) in [5, 5.41) is 11.5. The number of anilines is 1. The molecule has 0 fully saturated rings. The number of halogens is 3. The average molecular weight is 350 g/mol. The van der Waals surface area contributed by atoms with E-state index in [4.69, 9.17) is 10.00 Å². The van der Waals surface area contributed by atoms with E-state index in [1.807, 2.05) is 0 Å². The number of thioether (sulfide) groups is 1. The van der Waals surface area contributed by atoms with E-state index in [2.05, 4.69) is 11.9 Å². The Morgan fingerprint density at radius 3 is 2.54 bits per heavy atom. The summed E-state index contributed by atoms with van der Waals surface area (Å²) >= 11 is 1.15. The second kappa shape index (κ2) is 7.32. The quantitative estimate of drug-likeness (QED) is 0.755. The number of benzene rings is 2. The van der Waals surface area contributed by atoms with Gasteiger partial charge in [-0.15, -0.1) is 11.8 Å². The zero-order chi connectivity index (χ0) is 17.9. The Hall–Kier alpha value is -2.59. The van der Waals surface area contributed by atoms with Crippen LogP contribution in [0.1, 0.15) is 11.1 Å². The molecule has 0 aliphatic heterocycles. The Bertz CT molecular complexity index is 847. The number of nitrogens with one attached hydrogen (secondary N) is 1. The van der Waals surface area contributed by atoms with Gasteiger partial charge in [0.2, 0.25) is 5.82 Å². The van der Waals surface area contributed by atoms with E-state index in [-0.39, 0.29) is 22.7 Å². The minimum Gasteiger partial charge on any atom is -0.453 e. The summed E-state index contributed by atoms with van der Waals surface area (Å²) in [4.78, 5) is 0.330. The summed E-state index contributed by atoms with van der Waals surface area (Å²) in [7, 11) is 1.47. The number of nitriles is 1. The Balaban J connectivity index is 2.64. The Labute approximate surface area is 141 Å². The molecule has 0 atom stereocenters. The summed E-state index contributed by atoms with van der Waals surface area (Å²) in [5.41, 5.74) is 0.0624. The fourth-order valence-electron chi connectivity index (χ4n) is 2.17. The molecule has 1 N–H and O–H groups in total. The molecule has 0 amide bonds. The van der Waals surface area contributed by atoms with Crippen LogP contribution in [0.5, 0.6) is 11.5 Å². The van der Waals surface area contributed by atoms with E-state index in [1.165, 1.54) is 19.2 Å². The lowest BCUT2D eigenvalue weighted by Gasteiger charge is -2.17. The third kappa shape index (κ3) is 3.05. The highest BCUT2D eigenvalue weighted by Gasteiger charge is 2.24. The van der Waals surface area contributed by atoms with E-state index < -0.39 is 17.5 Å². The van der Waals surface area contributed by atoms with Gasteiger partial charge in [-0.05, 0) is 18.4 Å². The van der Waals surface area contributed by atoms with E-state index >= 15 is 0 Å². The van der Waals surface area contributed by atoms with Crippen LogP contribution in [0.4, 0.5) is 18.9 Å². The molecule has 124 valence electrons. The first-order valence-electron chi connectivity index (χ1n) is 6.75. The molecule has 3 nitrogen and oxygen atoms in total. The molecule has 0 aliphatic carbocycles. The normalized spacial score (nSPS) is 10.2. The van der Waals surface area contributed by atoms with Gasteiger partial charge in [0, 0.05) is 18.7 Å². The second-order valence-electron chi connectivity index (χ2n) is 4.59. The fraction of sp³-hybridized carbons (Fsp3) is 0.118. The van der Waals surface area contributed by atoms with Crippen LogP contribution in [0, 0.1) is 28.8 Å². The molecule has 24 heavy (non-hydrogen) atoms. The smallest absolute Gasteiger partial charge is 0.204 e. The van der Waals surface area contributed by atoms with Crippen LogP contribution in [-0.4, -0.2) is 13.3 Å². The monoisotopic (exact) mass is 350 g/mol. The number of hydrogen-bond acceptors (Lipinski definition) is 4. The van der Waals surface area contributed by atoms with Crippen LogP contribution >= 0.6 is 11.8 Å². The van der Waals surface area contributed by atoms with Crippen molar-refractivity contribution in [1.29, 1.82) is 5.26 Å². The molecular formula is C17H13F3N2OS. The van der Waals surface area contributed by atoms with Crippen molar-refractivity contribution in [2.45, 2.75) is 4.90 Å². The summed E-state index contributed by atoms with van der Waals surface area (Å²) in [6.45, 7) is 3.62. The molecule has 2 aromatic carbocycles. The van der Waals surface area contributed by atoms with Gasteiger partial charge < -0.3 is 10.1 Å². The van der Waals surface area contributed by atoms with Crippen LogP contribution in [-0.2, 0) is 0 Å². The predicted molar refractivity (Wildman–Crippen MR) is 89.0 cm³/mol. The second-order valence-corrected chi connectivity index (χ2v) is 5.41. The van der Waals surface area contributed by atoms with E-state index in [0.29, 0.717) is 10.5 Å². The number of nitrogens with zero attached hydrogens (tertiary/aromatic N) is 1. The van der Waals surface area contributed by atoms with Gasteiger partial charge in [0.25, 0.3) is 0 Å². The maximum atomic E-state index is 14.4. The van der Waals surface area contributed by atoms with Crippen LogP contribution in [0.3, 0.4) is 0 Å². The molecule has 0 spiro atoms. The van der Waals surface area contributed by atoms with Gasteiger partial charge in [-0.25, -0.2) is 8.78 Å². The fourth-order valence-corrected chi connectivity index (χ4v) is 2.89. The van der Waals surface area contributed by atoms with Crippen LogP contribution < -0.4 is 10.1 Å². The zero-order valence-electron chi connectivity index (χ0n) is 12.9. The molecule has 0 aliphatic rings. The molecule has 0 bridgehead atoms. The van der Waals surface area contributed by atoms with Gasteiger partial charge in [0.15, 0.2) is 11.6 Å². The third-order valence-corrected chi connectivity index (χ3v) is 4.08. The van der Waals surface area contributed by atoms with Crippen molar-refractivity contribution in [1.82, 2.24) is 0 Å². The zero-order valence-corrected chi connectivity index (χ0v) is 13.7. The Morgan fingerprint density at radius 1 is 1.29 bits per heavy atom. The highest BCUT2D eigenvalue weighted by molar-refractivity contribution is 7.98. The van der Waals surface area contributed by atoms with E-state index in [9.17, 15) is 13.2 Å². The largest absolute Gasteiger partial charge is 0.453 e. The SMILES string of the molecule is C=Cc1c(NC)c(F)c(F)c(Oc2ccc(F)c(C#N)c2)c1SC. The molecule has 0 aromatic heterocycles. The molecule has 0 radical (unpaired) electrons. The highest BCUT2D eigenvalue weighted by atomic mass is 32.2. The summed E-state index contributed by atoms with van der Waals surface area (Å²) < 4.78 is 47.5. The summed E-state index contributed by atoms with van der Waals surface area (Å²) in [5.74, 6) is -3.34. The molecule has 2 rings (SSSR count). The minimum absolute atomic E-state index is 0.0220. The maximum absolute atomic E-state index is 14.4. The topological polar surface area (TPSA) is 45.0 Å². The van der Waals surface area contributed by atoms with Gasteiger partial charge >= 0.3 is 0 Å². The van der Waals surface area contributed by atoms with E-state index in [1.54, 1.807) is 12.3 Å². The van der Waals surface area contributed by atoms with Crippen molar-refractivity contribution in [3.05, 3.63) is 53.4 Å². The minimum atomic E-state index is -1.18. The average Bonchev–Trinajstić information content (AvgIpc) is 2.60. The number of ether oxygens (including phenoxy) is 1. The van der Waals surface area contributed by atoms with Crippen molar-refractivity contribution in [3.8, 4) is 17.6 Å². The molecule has 7 heteroatoms. The van der Waals surface area contributed by atoms with Gasteiger partial charge in [-0.2, -0.15) is 9.65 Å². The van der Waals surface area contributed by atoms with Crippen LogP contribution in [0.2, 0.25) is 0 Å². The summed E-state index contributed by atoms with van der Waals surface area (Å²) in [6.07, 6.45) is 3.07. The Kier molecular flexibility index (Phi) is 5.42. The van der Waals surface area contributed by atoms with Gasteiger partial charge in [0.05, 0.1) is 16.1 Å². The lowest BCUT2D eigenvalue weighted by Crippen LogP contribution is -2.04. The number of rotatable bonds is 5. The molecule has 0 saturated heterocycles. The highest BCUT2D eigenvalue weighted by Crippen LogP contribution is 2.43. The van der Waals surface area contributed by atoms with E-state index in [0.717, 1.165) is 23.9 Å². The predicted octanol–water partition coefficient (Wildman–Crippen LogP) is 5.17. The van der Waals surface area contributed by atoms with Crippen molar-refractivity contribution < 1.29 is 17.9 Å².